The monoisotopic (exact) mass is 327 g/mol. The van der Waals surface area contributed by atoms with Gasteiger partial charge in [-0.05, 0) is 31.2 Å². The Morgan fingerprint density at radius 2 is 1.90 bits per heavy atom. The molecule has 0 bridgehead atoms. The first kappa shape index (κ1) is 15.5. The van der Waals surface area contributed by atoms with Gasteiger partial charge in [0.15, 0.2) is 0 Å². The molecule has 0 amide bonds. The van der Waals surface area contributed by atoms with Crippen LogP contribution < -0.4 is 4.74 Å². The lowest BCUT2D eigenvalue weighted by atomic mass is 10.3. The number of ether oxygens (including phenoxy) is 1. The minimum atomic E-state index is -4.79. The zero-order valence-corrected chi connectivity index (χ0v) is 12.1. The fourth-order valence-corrected chi connectivity index (χ4v) is 4.87. The average Bonchev–Trinajstić information content (AvgIpc) is 2.74. The second-order valence-electron chi connectivity index (χ2n) is 4.11. The fourth-order valence-electron chi connectivity index (χ4n) is 1.84. The van der Waals surface area contributed by atoms with Crippen molar-refractivity contribution >= 4 is 21.8 Å². The maximum Gasteiger partial charge on any atom is 0.573 e. The van der Waals surface area contributed by atoms with E-state index in [4.69, 9.17) is 0 Å². The Kier molecular flexibility index (Phi) is 4.22. The predicted molar refractivity (Wildman–Crippen MR) is 68.9 cm³/mol. The summed E-state index contributed by atoms with van der Waals surface area (Å²) in [5, 5.41) is -0.175. The smallest absolute Gasteiger partial charge is 0.406 e. The van der Waals surface area contributed by atoms with E-state index < -0.39 is 22.1 Å². The first-order valence-electron chi connectivity index (χ1n) is 5.69. The predicted octanol–water partition coefficient (Wildman–Crippen LogP) is 2.67. The normalized spacial score (nSPS) is 21.1. The number of benzene rings is 1. The highest BCUT2D eigenvalue weighted by Crippen LogP contribution is 2.30. The Labute approximate surface area is 119 Å². The highest BCUT2D eigenvalue weighted by Gasteiger charge is 2.34. The number of hydrogen-bond donors (Lipinski definition) is 0. The molecule has 1 aliphatic heterocycles. The highest BCUT2D eigenvalue weighted by atomic mass is 32.2. The van der Waals surface area contributed by atoms with Gasteiger partial charge in [-0.15, -0.1) is 24.9 Å². The zero-order valence-electron chi connectivity index (χ0n) is 10.4. The van der Waals surface area contributed by atoms with Crippen molar-refractivity contribution in [2.75, 3.05) is 12.3 Å². The summed E-state index contributed by atoms with van der Waals surface area (Å²) in [5.41, 5.74) is 0. The Bertz CT molecular complexity index is 572. The Morgan fingerprint density at radius 1 is 1.30 bits per heavy atom. The molecule has 0 N–H and O–H groups in total. The lowest BCUT2D eigenvalue weighted by Gasteiger charge is -2.20. The molecule has 1 fully saturated rings. The van der Waals surface area contributed by atoms with Gasteiger partial charge in [-0.25, -0.2) is 8.42 Å². The molecule has 1 aromatic carbocycles. The van der Waals surface area contributed by atoms with Gasteiger partial charge in [0.1, 0.15) is 5.75 Å². The van der Waals surface area contributed by atoms with Crippen LogP contribution in [0.25, 0.3) is 0 Å². The third kappa shape index (κ3) is 3.39. The SMILES string of the molecule is CC1SCCN1S(=O)(=O)c1ccc(OC(F)(F)F)cc1. The molecule has 1 unspecified atom stereocenters. The van der Waals surface area contributed by atoms with Crippen LogP contribution >= 0.6 is 11.8 Å². The molecule has 1 saturated heterocycles. The molecule has 20 heavy (non-hydrogen) atoms. The number of hydrogen-bond acceptors (Lipinski definition) is 4. The Morgan fingerprint density at radius 3 is 2.35 bits per heavy atom. The zero-order chi connectivity index (χ0) is 15.0. The molecule has 0 aromatic heterocycles. The highest BCUT2D eigenvalue weighted by molar-refractivity contribution is 8.01. The molecule has 0 spiro atoms. The van der Waals surface area contributed by atoms with Crippen molar-refractivity contribution in [3.8, 4) is 5.75 Å². The molecule has 0 saturated carbocycles. The molecular formula is C11H12F3NO3S2. The molecule has 2 rings (SSSR count). The van der Waals surface area contributed by atoms with Crippen LogP contribution in [0.1, 0.15) is 6.92 Å². The van der Waals surface area contributed by atoms with E-state index in [2.05, 4.69) is 4.74 Å². The van der Waals surface area contributed by atoms with Gasteiger partial charge in [-0.2, -0.15) is 4.31 Å². The van der Waals surface area contributed by atoms with E-state index in [1.807, 2.05) is 0 Å². The number of thioether (sulfide) groups is 1. The Balaban J connectivity index is 2.21. The van der Waals surface area contributed by atoms with E-state index in [0.29, 0.717) is 12.3 Å². The summed E-state index contributed by atoms with van der Waals surface area (Å²) in [5.74, 6) is 0.260. The standard InChI is InChI=1S/C11H12F3NO3S2/c1-8-15(6-7-19-8)20(16,17)10-4-2-9(3-5-10)18-11(12,13)14/h2-5,8H,6-7H2,1H3. The van der Waals surface area contributed by atoms with Crippen molar-refractivity contribution in [2.24, 2.45) is 0 Å². The van der Waals surface area contributed by atoms with E-state index in [9.17, 15) is 21.6 Å². The summed E-state index contributed by atoms with van der Waals surface area (Å²) >= 11 is 1.51. The number of nitrogens with zero attached hydrogens (tertiary/aromatic N) is 1. The number of alkyl halides is 3. The molecule has 1 atom stereocenters. The summed E-state index contributed by atoms with van der Waals surface area (Å²) in [4.78, 5) is -0.0404. The van der Waals surface area contributed by atoms with Crippen LogP contribution in [0.15, 0.2) is 29.2 Å². The Hall–Kier alpha value is -0.930. The van der Waals surface area contributed by atoms with E-state index >= 15 is 0 Å². The second kappa shape index (κ2) is 5.45. The largest absolute Gasteiger partial charge is 0.573 e. The van der Waals surface area contributed by atoms with Crippen molar-refractivity contribution in [3.63, 3.8) is 0 Å². The minimum Gasteiger partial charge on any atom is -0.406 e. The van der Waals surface area contributed by atoms with E-state index in [-0.39, 0.29) is 10.3 Å². The van der Waals surface area contributed by atoms with E-state index in [1.165, 1.54) is 16.1 Å². The van der Waals surface area contributed by atoms with Crippen LogP contribution in [-0.2, 0) is 10.0 Å². The maximum atomic E-state index is 12.3. The van der Waals surface area contributed by atoms with Crippen LogP contribution in [0.2, 0.25) is 0 Å². The first-order valence-corrected chi connectivity index (χ1v) is 8.18. The summed E-state index contributed by atoms with van der Waals surface area (Å²) in [6, 6.07) is 4.22. The molecule has 1 aromatic rings. The van der Waals surface area contributed by atoms with Crippen LogP contribution in [0.4, 0.5) is 13.2 Å². The minimum absolute atomic E-state index is 0.0404. The van der Waals surface area contributed by atoms with Crippen molar-refractivity contribution in [1.29, 1.82) is 0 Å². The van der Waals surface area contributed by atoms with Gasteiger partial charge < -0.3 is 4.74 Å². The van der Waals surface area contributed by atoms with Crippen molar-refractivity contribution in [1.82, 2.24) is 4.31 Å². The van der Waals surface area contributed by atoms with Crippen molar-refractivity contribution < 1.29 is 26.3 Å². The van der Waals surface area contributed by atoms with Gasteiger partial charge in [0.2, 0.25) is 10.0 Å². The third-order valence-corrected chi connectivity index (χ3v) is 6.01. The maximum absolute atomic E-state index is 12.3. The van der Waals surface area contributed by atoms with Gasteiger partial charge in [0.05, 0.1) is 10.3 Å². The van der Waals surface area contributed by atoms with Gasteiger partial charge in [0, 0.05) is 12.3 Å². The summed E-state index contributed by atoms with van der Waals surface area (Å²) in [6.07, 6.45) is -4.79. The van der Waals surface area contributed by atoms with E-state index in [1.54, 1.807) is 6.92 Å². The number of rotatable bonds is 3. The molecule has 1 aliphatic rings. The summed E-state index contributed by atoms with van der Waals surface area (Å²) in [7, 11) is -3.67. The molecular weight excluding hydrogens is 315 g/mol. The third-order valence-electron chi connectivity index (χ3n) is 2.74. The van der Waals surface area contributed by atoms with Crippen LogP contribution in [0.5, 0.6) is 5.75 Å². The van der Waals surface area contributed by atoms with Gasteiger partial charge in [0.25, 0.3) is 0 Å². The topological polar surface area (TPSA) is 46.6 Å². The molecule has 112 valence electrons. The summed E-state index contributed by atoms with van der Waals surface area (Å²) in [6.45, 7) is 2.17. The molecule has 1 heterocycles. The van der Waals surface area contributed by atoms with Crippen molar-refractivity contribution in [3.05, 3.63) is 24.3 Å². The lowest BCUT2D eigenvalue weighted by molar-refractivity contribution is -0.274. The molecule has 0 aliphatic carbocycles. The average molecular weight is 327 g/mol. The van der Waals surface area contributed by atoms with Gasteiger partial charge in [-0.3, -0.25) is 0 Å². The van der Waals surface area contributed by atoms with Crippen LogP contribution in [-0.4, -0.2) is 36.8 Å². The molecule has 0 radical (unpaired) electrons. The van der Waals surface area contributed by atoms with Crippen LogP contribution in [0.3, 0.4) is 0 Å². The van der Waals surface area contributed by atoms with Gasteiger partial charge in [-0.1, -0.05) is 0 Å². The quantitative estimate of drug-likeness (QED) is 0.856. The second-order valence-corrected chi connectivity index (χ2v) is 7.42. The molecule has 9 heteroatoms. The summed E-state index contributed by atoms with van der Waals surface area (Å²) < 4.78 is 65.7. The van der Waals surface area contributed by atoms with E-state index in [0.717, 1.165) is 24.3 Å². The van der Waals surface area contributed by atoms with Crippen LogP contribution in [0, 0.1) is 0 Å². The first-order chi connectivity index (χ1) is 9.20. The van der Waals surface area contributed by atoms with Gasteiger partial charge >= 0.3 is 6.36 Å². The van der Waals surface area contributed by atoms with Crippen molar-refractivity contribution in [2.45, 2.75) is 23.6 Å². The number of halogens is 3. The number of sulfonamides is 1. The molecule has 4 nitrogen and oxygen atoms in total. The lowest BCUT2D eigenvalue weighted by Crippen LogP contribution is -2.33. The fraction of sp³-hybridized carbons (Fsp3) is 0.455.